The third kappa shape index (κ3) is 3.75. The van der Waals surface area contributed by atoms with Gasteiger partial charge in [-0.1, -0.05) is 6.42 Å². The standard InChI is InChI=1S/C13H17N3O3/c17-12(11-3-1-2-5-15-11)16-8-10-7-9(13(18)19)4-6-14-10/h4,6-7,11,15H,1-3,5,8H2,(H,16,17)(H,18,19). The fraction of sp³-hybridized carbons (Fsp3) is 0.462. The van der Waals surface area contributed by atoms with Gasteiger partial charge < -0.3 is 15.7 Å². The average molecular weight is 263 g/mol. The number of hydrogen-bond donors (Lipinski definition) is 3. The van der Waals surface area contributed by atoms with Crippen LogP contribution in [0.4, 0.5) is 0 Å². The molecule has 0 bridgehead atoms. The molecule has 2 heterocycles. The van der Waals surface area contributed by atoms with Gasteiger partial charge in [0.05, 0.1) is 23.8 Å². The van der Waals surface area contributed by atoms with Crippen LogP contribution in [-0.4, -0.2) is 34.6 Å². The summed E-state index contributed by atoms with van der Waals surface area (Å²) in [6, 6.07) is 2.75. The summed E-state index contributed by atoms with van der Waals surface area (Å²) < 4.78 is 0. The maximum absolute atomic E-state index is 11.9. The van der Waals surface area contributed by atoms with Gasteiger partial charge in [0.15, 0.2) is 0 Å². The quantitative estimate of drug-likeness (QED) is 0.737. The van der Waals surface area contributed by atoms with E-state index in [9.17, 15) is 9.59 Å². The lowest BCUT2D eigenvalue weighted by molar-refractivity contribution is -0.123. The highest BCUT2D eigenvalue weighted by Crippen LogP contribution is 2.07. The zero-order valence-electron chi connectivity index (χ0n) is 10.6. The van der Waals surface area contributed by atoms with Gasteiger partial charge in [0.1, 0.15) is 0 Å². The van der Waals surface area contributed by atoms with Crippen LogP contribution in [0.1, 0.15) is 35.3 Å². The summed E-state index contributed by atoms with van der Waals surface area (Å²) in [5.74, 6) is -1.05. The molecule has 1 amide bonds. The molecule has 102 valence electrons. The smallest absolute Gasteiger partial charge is 0.335 e. The van der Waals surface area contributed by atoms with E-state index in [1.807, 2.05) is 0 Å². The fourth-order valence-corrected chi connectivity index (χ4v) is 2.08. The first kappa shape index (κ1) is 13.5. The molecular weight excluding hydrogens is 246 g/mol. The van der Waals surface area contributed by atoms with E-state index in [1.165, 1.54) is 18.3 Å². The number of rotatable bonds is 4. The number of carboxylic acids is 1. The zero-order chi connectivity index (χ0) is 13.7. The van der Waals surface area contributed by atoms with Gasteiger partial charge in [0.2, 0.25) is 5.91 Å². The van der Waals surface area contributed by atoms with Gasteiger partial charge in [-0.25, -0.2) is 4.79 Å². The number of amides is 1. The molecule has 0 saturated carbocycles. The molecule has 1 saturated heterocycles. The van der Waals surface area contributed by atoms with Crippen LogP contribution < -0.4 is 10.6 Å². The Morgan fingerprint density at radius 1 is 1.47 bits per heavy atom. The van der Waals surface area contributed by atoms with Gasteiger partial charge in [0.25, 0.3) is 0 Å². The minimum Gasteiger partial charge on any atom is -0.478 e. The molecule has 1 aliphatic rings. The third-order valence-electron chi connectivity index (χ3n) is 3.13. The topological polar surface area (TPSA) is 91.3 Å². The zero-order valence-corrected chi connectivity index (χ0v) is 10.6. The largest absolute Gasteiger partial charge is 0.478 e. The summed E-state index contributed by atoms with van der Waals surface area (Å²) in [5, 5.41) is 14.8. The number of hydrogen-bond acceptors (Lipinski definition) is 4. The van der Waals surface area contributed by atoms with E-state index in [-0.39, 0.29) is 24.1 Å². The summed E-state index contributed by atoms with van der Waals surface area (Å²) in [5.41, 5.74) is 0.721. The van der Waals surface area contributed by atoms with Crippen molar-refractivity contribution in [3.05, 3.63) is 29.6 Å². The van der Waals surface area contributed by atoms with Gasteiger partial charge in [0, 0.05) is 6.20 Å². The van der Waals surface area contributed by atoms with Crippen molar-refractivity contribution in [3.63, 3.8) is 0 Å². The van der Waals surface area contributed by atoms with E-state index < -0.39 is 5.97 Å². The summed E-state index contributed by atoms with van der Waals surface area (Å²) in [4.78, 5) is 26.7. The van der Waals surface area contributed by atoms with Crippen LogP contribution in [0.3, 0.4) is 0 Å². The summed E-state index contributed by atoms with van der Waals surface area (Å²) in [6.07, 6.45) is 4.43. The van der Waals surface area contributed by atoms with Crippen molar-refractivity contribution in [3.8, 4) is 0 Å². The van der Waals surface area contributed by atoms with Crippen molar-refractivity contribution >= 4 is 11.9 Å². The van der Waals surface area contributed by atoms with E-state index in [2.05, 4.69) is 15.6 Å². The number of carbonyl (C=O) groups excluding carboxylic acids is 1. The number of aromatic nitrogens is 1. The predicted octanol–water partition coefficient (Wildman–Crippen LogP) is 0.538. The molecule has 3 N–H and O–H groups in total. The second-order valence-electron chi connectivity index (χ2n) is 4.56. The fourth-order valence-electron chi connectivity index (χ4n) is 2.08. The molecule has 1 aromatic rings. The Balaban J connectivity index is 1.89. The van der Waals surface area contributed by atoms with Gasteiger partial charge in [-0.05, 0) is 31.5 Å². The first-order chi connectivity index (χ1) is 9.16. The Morgan fingerprint density at radius 2 is 2.32 bits per heavy atom. The molecule has 2 rings (SSSR count). The highest BCUT2D eigenvalue weighted by atomic mass is 16.4. The van der Waals surface area contributed by atoms with Crippen molar-refractivity contribution in [1.82, 2.24) is 15.6 Å². The van der Waals surface area contributed by atoms with E-state index in [0.717, 1.165) is 25.8 Å². The van der Waals surface area contributed by atoms with Crippen molar-refractivity contribution < 1.29 is 14.7 Å². The lowest BCUT2D eigenvalue weighted by atomic mass is 10.0. The summed E-state index contributed by atoms with van der Waals surface area (Å²) >= 11 is 0. The lowest BCUT2D eigenvalue weighted by Crippen LogP contribution is -2.46. The van der Waals surface area contributed by atoms with Crippen LogP contribution >= 0.6 is 0 Å². The van der Waals surface area contributed by atoms with Gasteiger partial charge in [-0.2, -0.15) is 0 Å². The Hall–Kier alpha value is -1.95. The van der Waals surface area contributed by atoms with E-state index in [1.54, 1.807) is 0 Å². The highest BCUT2D eigenvalue weighted by Gasteiger charge is 2.20. The minimum absolute atomic E-state index is 0.0535. The molecule has 1 fully saturated rings. The number of piperidine rings is 1. The number of carbonyl (C=O) groups is 2. The van der Waals surface area contributed by atoms with E-state index >= 15 is 0 Å². The first-order valence-electron chi connectivity index (χ1n) is 6.36. The highest BCUT2D eigenvalue weighted by molar-refractivity contribution is 5.87. The van der Waals surface area contributed by atoms with E-state index in [4.69, 9.17) is 5.11 Å². The van der Waals surface area contributed by atoms with Crippen molar-refractivity contribution in [2.24, 2.45) is 0 Å². The maximum atomic E-state index is 11.9. The number of aromatic carboxylic acids is 1. The Labute approximate surface area is 111 Å². The molecule has 19 heavy (non-hydrogen) atoms. The lowest BCUT2D eigenvalue weighted by Gasteiger charge is -2.22. The summed E-state index contributed by atoms with van der Waals surface area (Å²) in [7, 11) is 0. The average Bonchev–Trinajstić information content (AvgIpc) is 2.46. The van der Waals surface area contributed by atoms with Crippen LogP contribution in [0.25, 0.3) is 0 Å². The van der Waals surface area contributed by atoms with Gasteiger partial charge in [-0.15, -0.1) is 0 Å². The molecule has 6 heteroatoms. The van der Waals surface area contributed by atoms with Crippen LogP contribution in [0, 0.1) is 0 Å². The molecule has 6 nitrogen and oxygen atoms in total. The van der Waals surface area contributed by atoms with Crippen LogP contribution in [0.5, 0.6) is 0 Å². The number of nitrogens with zero attached hydrogens (tertiary/aromatic N) is 1. The van der Waals surface area contributed by atoms with Crippen LogP contribution in [0.15, 0.2) is 18.3 Å². The summed E-state index contributed by atoms with van der Waals surface area (Å²) in [6.45, 7) is 1.11. The van der Waals surface area contributed by atoms with Crippen LogP contribution in [0.2, 0.25) is 0 Å². The maximum Gasteiger partial charge on any atom is 0.335 e. The van der Waals surface area contributed by atoms with E-state index in [0.29, 0.717) is 5.69 Å². The number of pyridine rings is 1. The monoisotopic (exact) mass is 263 g/mol. The molecule has 0 aromatic carbocycles. The Bertz CT molecular complexity index is 470. The molecule has 0 radical (unpaired) electrons. The van der Waals surface area contributed by atoms with Crippen molar-refractivity contribution in [1.29, 1.82) is 0 Å². The Kier molecular flexibility index (Phi) is 4.46. The third-order valence-corrected chi connectivity index (χ3v) is 3.13. The van der Waals surface area contributed by atoms with Gasteiger partial charge in [-0.3, -0.25) is 9.78 Å². The van der Waals surface area contributed by atoms with Crippen LogP contribution in [-0.2, 0) is 11.3 Å². The minimum atomic E-state index is -0.996. The van der Waals surface area contributed by atoms with Crippen molar-refractivity contribution in [2.75, 3.05) is 6.54 Å². The molecule has 1 aliphatic heterocycles. The van der Waals surface area contributed by atoms with Gasteiger partial charge >= 0.3 is 5.97 Å². The first-order valence-corrected chi connectivity index (χ1v) is 6.36. The molecule has 1 unspecified atom stereocenters. The SMILES string of the molecule is O=C(O)c1ccnc(CNC(=O)C2CCCCN2)c1. The molecule has 0 spiro atoms. The number of nitrogens with one attached hydrogen (secondary N) is 2. The Morgan fingerprint density at radius 3 is 3.00 bits per heavy atom. The predicted molar refractivity (Wildman–Crippen MR) is 68.7 cm³/mol. The second kappa shape index (κ2) is 6.29. The molecular formula is C13H17N3O3. The molecule has 1 aromatic heterocycles. The molecule has 0 aliphatic carbocycles. The second-order valence-corrected chi connectivity index (χ2v) is 4.56. The molecule has 1 atom stereocenters. The normalized spacial score (nSPS) is 18.8. The number of carboxylic acid groups (broad SMARTS) is 1. The van der Waals surface area contributed by atoms with Crippen molar-refractivity contribution in [2.45, 2.75) is 31.8 Å².